The van der Waals surface area contributed by atoms with Crippen LogP contribution in [0, 0.1) is 0 Å². The van der Waals surface area contributed by atoms with Gasteiger partial charge in [0, 0.05) is 31.1 Å². The van der Waals surface area contributed by atoms with Gasteiger partial charge in [0.2, 0.25) is 0 Å². The quantitative estimate of drug-likeness (QED) is 0.917. The maximum atomic E-state index is 4.80. The van der Waals surface area contributed by atoms with Crippen LogP contribution in [0.2, 0.25) is 0 Å². The second-order valence-corrected chi connectivity index (χ2v) is 7.01. The number of nitrogens with zero attached hydrogens (tertiary/aromatic N) is 3. The van der Waals surface area contributed by atoms with Crippen LogP contribution in [0.4, 0.5) is 5.69 Å². The standard InChI is InChI=1S/C16H28N4/c1-12(2)15-17-11-14(20-8-6-7-9-20)13(19-15)10-18-16(3,4)5/h11-12,18H,6-10H2,1-5H3. The molecule has 1 N–H and O–H groups in total. The van der Waals surface area contributed by atoms with Gasteiger partial charge in [-0.2, -0.15) is 0 Å². The van der Waals surface area contributed by atoms with Crippen molar-refractivity contribution in [1.82, 2.24) is 15.3 Å². The lowest BCUT2D eigenvalue weighted by Gasteiger charge is -2.25. The Labute approximate surface area is 123 Å². The van der Waals surface area contributed by atoms with Gasteiger partial charge < -0.3 is 10.2 Å². The van der Waals surface area contributed by atoms with E-state index in [1.165, 1.54) is 18.5 Å². The van der Waals surface area contributed by atoms with Crippen molar-refractivity contribution in [3.05, 3.63) is 17.7 Å². The zero-order chi connectivity index (χ0) is 14.8. The fourth-order valence-electron chi connectivity index (χ4n) is 2.41. The van der Waals surface area contributed by atoms with Crippen molar-refractivity contribution in [3.63, 3.8) is 0 Å². The van der Waals surface area contributed by atoms with Crippen molar-refractivity contribution in [3.8, 4) is 0 Å². The summed E-state index contributed by atoms with van der Waals surface area (Å²) >= 11 is 0. The summed E-state index contributed by atoms with van der Waals surface area (Å²) in [6.07, 6.45) is 4.57. The van der Waals surface area contributed by atoms with Crippen molar-refractivity contribution in [2.45, 2.75) is 65.5 Å². The minimum atomic E-state index is 0.102. The zero-order valence-electron chi connectivity index (χ0n) is 13.5. The van der Waals surface area contributed by atoms with Crippen LogP contribution in [0.25, 0.3) is 0 Å². The third-order valence-electron chi connectivity index (χ3n) is 3.61. The third kappa shape index (κ3) is 3.92. The zero-order valence-corrected chi connectivity index (χ0v) is 13.5. The lowest BCUT2D eigenvalue weighted by atomic mass is 10.1. The molecule has 0 aromatic carbocycles. The summed E-state index contributed by atoms with van der Waals surface area (Å²) in [5.74, 6) is 1.31. The summed E-state index contributed by atoms with van der Waals surface area (Å²) in [4.78, 5) is 11.8. The second kappa shape index (κ2) is 6.08. The molecular formula is C16H28N4. The summed E-state index contributed by atoms with van der Waals surface area (Å²) in [5.41, 5.74) is 2.45. The average Bonchev–Trinajstić information content (AvgIpc) is 2.88. The molecular weight excluding hydrogens is 248 g/mol. The highest BCUT2D eigenvalue weighted by Gasteiger charge is 2.19. The molecule has 1 aliphatic rings. The highest BCUT2D eigenvalue weighted by atomic mass is 15.2. The lowest BCUT2D eigenvalue weighted by molar-refractivity contribution is 0.420. The Morgan fingerprint density at radius 1 is 1.25 bits per heavy atom. The van der Waals surface area contributed by atoms with Gasteiger partial charge in [0.25, 0.3) is 0 Å². The van der Waals surface area contributed by atoms with Crippen molar-refractivity contribution >= 4 is 5.69 Å². The molecule has 1 fully saturated rings. The summed E-state index contributed by atoms with van der Waals surface area (Å²) < 4.78 is 0. The average molecular weight is 276 g/mol. The minimum absolute atomic E-state index is 0.102. The van der Waals surface area contributed by atoms with Gasteiger partial charge in [0.15, 0.2) is 0 Å². The number of nitrogens with one attached hydrogen (secondary N) is 1. The van der Waals surface area contributed by atoms with Crippen molar-refractivity contribution in [2.24, 2.45) is 0 Å². The molecule has 1 aromatic rings. The highest BCUT2D eigenvalue weighted by Crippen LogP contribution is 2.24. The molecule has 0 aliphatic carbocycles. The summed E-state index contributed by atoms with van der Waals surface area (Å²) in [7, 11) is 0. The summed E-state index contributed by atoms with van der Waals surface area (Å²) in [5, 5.41) is 3.55. The molecule has 0 amide bonds. The van der Waals surface area contributed by atoms with Gasteiger partial charge in [-0.15, -0.1) is 0 Å². The molecule has 2 rings (SSSR count). The fourth-order valence-corrected chi connectivity index (χ4v) is 2.41. The van der Waals surface area contributed by atoms with Crippen molar-refractivity contribution in [1.29, 1.82) is 0 Å². The monoisotopic (exact) mass is 276 g/mol. The van der Waals surface area contributed by atoms with Crippen molar-refractivity contribution in [2.75, 3.05) is 18.0 Å². The molecule has 0 spiro atoms. The predicted molar refractivity (Wildman–Crippen MR) is 84.2 cm³/mol. The maximum Gasteiger partial charge on any atom is 0.131 e. The lowest BCUT2D eigenvalue weighted by Crippen LogP contribution is -2.36. The SMILES string of the molecule is CC(C)c1ncc(N2CCCC2)c(CNC(C)(C)C)n1. The van der Waals surface area contributed by atoms with E-state index in [-0.39, 0.29) is 5.54 Å². The number of hydrogen-bond acceptors (Lipinski definition) is 4. The van der Waals surface area contributed by atoms with E-state index in [9.17, 15) is 0 Å². The maximum absolute atomic E-state index is 4.80. The van der Waals surface area contributed by atoms with Crippen LogP contribution < -0.4 is 10.2 Å². The highest BCUT2D eigenvalue weighted by molar-refractivity contribution is 5.50. The van der Waals surface area contributed by atoms with Gasteiger partial charge in [-0.3, -0.25) is 0 Å². The predicted octanol–water partition coefficient (Wildman–Crippen LogP) is 3.09. The normalized spacial score (nSPS) is 16.2. The van der Waals surface area contributed by atoms with E-state index >= 15 is 0 Å². The molecule has 1 aromatic heterocycles. The molecule has 1 saturated heterocycles. The van der Waals surface area contributed by atoms with Crippen LogP contribution in [-0.2, 0) is 6.54 Å². The van der Waals surface area contributed by atoms with E-state index in [2.05, 4.69) is 49.8 Å². The first-order chi connectivity index (χ1) is 9.37. The van der Waals surface area contributed by atoms with Gasteiger partial charge in [0.05, 0.1) is 17.6 Å². The van der Waals surface area contributed by atoms with Crippen LogP contribution in [0.5, 0.6) is 0 Å². The summed E-state index contributed by atoms with van der Waals surface area (Å²) in [6.45, 7) is 13.9. The Morgan fingerprint density at radius 3 is 2.45 bits per heavy atom. The number of rotatable bonds is 4. The first kappa shape index (κ1) is 15.2. The number of aromatic nitrogens is 2. The molecule has 0 radical (unpaired) electrons. The van der Waals surface area contributed by atoms with Crippen LogP contribution >= 0.6 is 0 Å². The third-order valence-corrected chi connectivity index (χ3v) is 3.61. The smallest absolute Gasteiger partial charge is 0.131 e. The molecule has 2 heterocycles. The van der Waals surface area contributed by atoms with Gasteiger partial charge in [-0.1, -0.05) is 13.8 Å². The Bertz CT molecular complexity index is 442. The molecule has 0 bridgehead atoms. The molecule has 0 saturated carbocycles. The van der Waals surface area contributed by atoms with E-state index in [0.717, 1.165) is 31.2 Å². The van der Waals surface area contributed by atoms with E-state index in [0.29, 0.717) is 5.92 Å². The van der Waals surface area contributed by atoms with Crippen LogP contribution in [-0.4, -0.2) is 28.6 Å². The second-order valence-electron chi connectivity index (χ2n) is 7.01. The van der Waals surface area contributed by atoms with Crippen LogP contribution in [0.3, 0.4) is 0 Å². The number of anilines is 1. The first-order valence-electron chi connectivity index (χ1n) is 7.72. The topological polar surface area (TPSA) is 41.1 Å². The Kier molecular flexibility index (Phi) is 4.63. The minimum Gasteiger partial charge on any atom is -0.369 e. The molecule has 20 heavy (non-hydrogen) atoms. The van der Waals surface area contributed by atoms with E-state index in [1.54, 1.807) is 0 Å². The molecule has 4 heteroatoms. The molecule has 4 nitrogen and oxygen atoms in total. The van der Waals surface area contributed by atoms with E-state index in [1.807, 2.05) is 6.20 Å². The molecule has 112 valence electrons. The Morgan fingerprint density at radius 2 is 1.90 bits per heavy atom. The number of hydrogen-bond donors (Lipinski definition) is 1. The van der Waals surface area contributed by atoms with E-state index < -0.39 is 0 Å². The molecule has 0 atom stereocenters. The first-order valence-corrected chi connectivity index (χ1v) is 7.72. The molecule has 1 aliphatic heterocycles. The fraction of sp³-hybridized carbons (Fsp3) is 0.750. The van der Waals surface area contributed by atoms with Gasteiger partial charge in [0.1, 0.15) is 5.82 Å². The Hall–Kier alpha value is -1.16. The van der Waals surface area contributed by atoms with E-state index in [4.69, 9.17) is 4.98 Å². The van der Waals surface area contributed by atoms with Gasteiger partial charge in [-0.05, 0) is 33.6 Å². The molecule has 0 unspecified atom stereocenters. The Balaban J connectivity index is 2.25. The largest absolute Gasteiger partial charge is 0.369 e. The van der Waals surface area contributed by atoms with Crippen LogP contribution in [0.1, 0.15) is 64.9 Å². The van der Waals surface area contributed by atoms with Crippen molar-refractivity contribution < 1.29 is 0 Å². The summed E-state index contributed by atoms with van der Waals surface area (Å²) in [6, 6.07) is 0. The van der Waals surface area contributed by atoms with Crippen LogP contribution in [0.15, 0.2) is 6.20 Å². The van der Waals surface area contributed by atoms with Gasteiger partial charge in [-0.25, -0.2) is 9.97 Å². The van der Waals surface area contributed by atoms with Gasteiger partial charge >= 0.3 is 0 Å².